The summed E-state index contributed by atoms with van der Waals surface area (Å²) in [4.78, 5) is 52.6. The Kier molecular flexibility index (Phi) is 14.1. The first-order chi connectivity index (χ1) is 29.1. The number of phenols is 1. The van der Waals surface area contributed by atoms with Crippen molar-refractivity contribution >= 4 is 23.9 Å². The van der Waals surface area contributed by atoms with Crippen molar-refractivity contribution in [2.45, 2.75) is 133 Å². The molecule has 0 radical (unpaired) electrons. The number of hydrogen-bond acceptors (Lipinski definition) is 10. The van der Waals surface area contributed by atoms with Crippen molar-refractivity contribution in [3.63, 3.8) is 0 Å². The number of rotatable bonds is 20. The van der Waals surface area contributed by atoms with E-state index < -0.39 is 65.5 Å². The number of phenolic OH excluding ortho intramolecular Hbond substituents is 1. The fourth-order valence-corrected chi connectivity index (χ4v) is 9.69. The zero-order chi connectivity index (χ0) is 42.3. The Labute approximate surface area is 353 Å². The van der Waals surface area contributed by atoms with Gasteiger partial charge in [0.25, 0.3) is 0 Å². The van der Waals surface area contributed by atoms with Crippen molar-refractivity contribution in [3.05, 3.63) is 107 Å². The molecule has 4 fully saturated rings. The van der Waals surface area contributed by atoms with Gasteiger partial charge >= 0.3 is 5.97 Å². The number of carbonyl (C=O) groups is 3. The van der Waals surface area contributed by atoms with E-state index in [4.69, 9.17) is 19.0 Å². The molecular weight excluding hydrogens is 763 g/mol. The monoisotopic (exact) mass is 823 g/mol. The summed E-state index contributed by atoms with van der Waals surface area (Å²) in [6.45, 7) is 4.24. The minimum atomic E-state index is -1.48. The highest BCUT2D eigenvalue weighted by Crippen LogP contribution is 2.58. The molecule has 2 amide bonds. The molecule has 1 aliphatic carbocycles. The molecule has 3 saturated heterocycles. The molecule has 3 aromatic rings. The van der Waals surface area contributed by atoms with Gasteiger partial charge in [-0.3, -0.25) is 19.2 Å². The van der Waals surface area contributed by atoms with Gasteiger partial charge in [-0.2, -0.15) is 5.06 Å². The molecule has 0 spiro atoms. The number of carbonyl (C=O) groups excluding carboxylic acids is 3. The molecule has 60 heavy (non-hydrogen) atoms. The van der Waals surface area contributed by atoms with Crippen LogP contribution in [0.15, 0.2) is 84.9 Å². The van der Waals surface area contributed by atoms with Crippen molar-refractivity contribution in [3.8, 4) is 5.75 Å². The number of nitrogens with zero attached hydrogens (tertiary/aromatic N) is 2. The number of nitrogens with one attached hydrogen (secondary N) is 1. The molecule has 4 aliphatic rings. The van der Waals surface area contributed by atoms with Crippen LogP contribution in [0.2, 0.25) is 0 Å². The summed E-state index contributed by atoms with van der Waals surface area (Å²) in [6, 6.07) is 22.4. The van der Waals surface area contributed by atoms with E-state index in [1.807, 2.05) is 78.9 Å². The first-order valence-corrected chi connectivity index (χ1v) is 21.8. The molecular formula is C48H61N3O9. The predicted molar refractivity (Wildman–Crippen MR) is 226 cm³/mol. The number of para-hydroxylation sites is 1. The number of allylic oxidation sites excluding steroid dienone is 1. The Hall–Kier alpha value is -4.59. The normalized spacial score (nSPS) is 25.8. The molecule has 12 nitrogen and oxygen atoms in total. The predicted octanol–water partition coefficient (Wildman–Crippen LogP) is 6.27. The van der Waals surface area contributed by atoms with Crippen molar-refractivity contribution < 1.29 is 43.6 Å². The number of benzene rings is 3. The van der Waals surface area contributed by atoms with Gasteiger partial charge < -0.3 is 34.6 Å². The number of ether oxygens (including phenoxy) is 3. The minimum Gasteiger partial charge on any atom is -0.508 e. The van der Waals surface area contributed by atoms with Crippen LogP contribution in [0, 0.1) is 5.41 Å². The second-order valence-corrected chi connectivity index (χ2v) is 16.8. The molecule has 7 unspecified atom stereocenters. The lowest BCUT2D eigenvalue weighted by Crippen LogP contribution is -2.70. The number of aliphatic hydroxyl groups excluding tert-OH is 1. The van der Waals surface area contributed by atoms with Gasteiger partial charge in [0.05, 0.1) is 13.2 Å². The Balaban J connectivity index is 1.26. The van der Waals surface area contributed by atoms with E-state index in [0.717, 1.165) is 60.8 Å². The number of unbranched alkanes of at least 4 members (excludes halogenated alkanes) is 4. The van der Waals surface area contributed by atoms with E-state index >= 15 is 4.79 Å². The third kappa shape index (κ3) is 8.90. The second kappa shape index (κ2) is 19.4. The summed E-state index contributed by atoms with van der Waals surface area (Å²) < 4.78 is 20.4. The number of fused-ring (bicyclic) bond motifs is 4. The minimum absolute atomic E-state index is 0.0290. The molecule has 3 heterocycles. The zero-order valence-electron chi connectivity index (χ0n) is 35.2. The number of amides is 2. The number of hydrogen-bond donors (Lipinski definition) is 3. The second-order valence-electron chi connectivity index (χ2n) is 16.8. The van der Waals surface area contributed by atoms with E-state index in [1.54, 1.807) is 24.2 Å². The third-order valence-electron chi connectivity index (χ3n) is 12.8. The number of aromatic hydroxyl groups is 1. The van der Waals surface area contributed by atoms with E-state index in [9.17, 15) is 19.8 Å². The lowest BCUT2D eigenvalue weighted by molar-refractivity contribution is -0.225. The lowest BCUT2D eigenvalue weighted by Gasteiger charge is -2.50. The average molecular weight is 824 g/mol. The van der Waals surface area contributed by atoms with Crippen LogP contribution in [0.1, 0.15) is 93.9 Å². The molecule has 2 bridgehead atoms. The molecule has 7 rings (SSSR count). The van der Waals surface area contributed by atoms with Gasteiger partial charge in [-0.05, 0) is 47.6 Å². The Bertz CT molecular complexity index is 1960. The van der Waals surface area contributed by atoms with Crippen LogP contribution in [0.25, 0.3) is 6.08 Å². The summed E-state index contributed by atoms with van der Waals surface area (Å²) in [5.74, 6) is -2.09. The first kappa shape index (κ1) is 43.5. The Morgan fingerprint density at radius 1 is 0.917 bits per heavy atom. The largest absolute Gasteiger partial charge is 0.508 e. The highest BCUT2D eigenvalue weighted by atomic mass is 16.8. The van der Waals surface area contributed by atoms with Crippen LogP contribution in [0.5, 0.6) is 5.75 Å². The lowest BCUT2D eigenvalue weighted by atomic mass is 9.62. The molecule has 12 heteroatoms. The van der Waals surface area contributed by atoms with Crippen LogP contribution in [-0.2, 0) is 52.8 Å². The van der Waals surface area contributed by atoms with Crippen molar-refractivity contribution in [1.82, 2.24) is 15.3 Å². The van der Waals surface area contributed by atoms with Crippen LogP contribution >= 0.6 is 0 Å². The van der Waals surface area contributed by atoms with Crippen LogP contribution in [-0.4, -0.2) is 100 Å². The fraction of sp³-hybridized carbons (Fsp3) is 0.521. The van der Waals surface area contributed by atoms with Crippen LogP contribution < -0.4 is 5.32 Å². The van der Waals surface area contributed by atoms with Gasteiger partial charge in [0.1, 0.15) is 41.6 Å². The molecule has 0 aromatic heterocycles. The summed E-state index contributed by atoms with van der Waals surface area (Å²) in [7, 11) is 1.62. The fourth-order valence-electron chi connectivity index (χ4n) is 9.69. The first-order valence-electron chi connectivity index (χ1n) is 21.8. The quantitative estimate of drug-likeness (QED) is 0.0881. The summed E-state index contributed by atoms with van der Waals surface area (Å²) in [6.07, 6.45) is 9.01. The van der Waals surface area contributed by atoms with Crippen LogP contribution in [0.3, 0.4) is 0 Å². The maximum Gasteiger partial charge on any atom is 0.327 e. The van der Waals surface area contributed by atoms with Gasteiger partial charge in [-0.1, -0.05) is 124 Å². The number of likely N-dealkylation sites (N-methyl/N-ethyl adjacent to an activating group) is 1. The average Bonchev–Trinajstić information content (AvgIpc) is 3.81. The maximum absolute atomic E-state index is 15.6. The summed E-state index contributed by atoms with van der Waals surface area (Å²) in [5, 5.41) is 24.3. The van der Waals surface area contributed by atoms with E-state index in [-0.39, 0.29) is 38.3 Å². The van der Waals surface area contributed by atoms with Crippen LogP contribution in [0.4, 0.5) is 0 Å². The van der Waals surface area contributed by atoms with Gasteiger partial charge in [-0.15, -0.1) is 0 Å². The standard InChI is InChI=1S/C48H61N3O9/c1-4-6-15-26-47(27-16-7-5-2)58-40-39-31-48(46(56)50(3)37(44(54)49-28-29-52)30-33-18-9-8-10-19-33)42(45(55)57-39)51(60-43(48)41(40)59-47)32-36-22-12-11-20-34(36)23-17-24-35-21-13-14-25-38(35)53/h8-14,17-23,25,37,39-43,52-53H,4-7,15-16,24,26-32H2,1-3H3,(H,49,54). The molecule has 7 atom stereocenters. The number of aliphatic hydroxyl groups is 1. The molecule has 3 aliphatic heterocycles. The van der Waals surface area contributed by atoms with E-state index in [0.29, 0.717) is 19.3 Å². The zero-order valence-corrected chi connectivity index (χ0v) is 35.2. The number of esters is 1. The summed E-state index contributed by atoms with van der Waals surface area (Å²) in [5.41, 5.74) is 1.91. The molecule has 3 N–H and O–H groups in total. The Morgan fingerprint density at radius 2 is 1.58 bits per heavy atom. The van der Waals surface area contributed by atoms with Crippen molar-refractivity contribution in [1.29, 1.82) is 0 Å². The van der Waals surface area contributed by atoms with Gasteiger partial charge in [0.15, 0.2) is 11.8 Å². The third-order valence-corrected chi connectivity index (χ3v) is 12.8. The molecule has 1 saturated carbocycles. The SMILES string of the molecule is CCCCCC1(CCCCC)OC2C3CC4(C(=O)N(C)C(Cc5ccccc5)C(=O)NCCO)C(ON(Cc5ccccc5C=CCc5ccccc5O)C4C(=O)O3)C2O1. The van der Waals surface area contributed by atoms with E-state index in [2.05, 4.69) is 19.2 Å². The maximum atomic E-state index is 15.6. The highest BCUT2D eigenvalue weighted by Gasteiger charge is 2.76. The van der Waals surface area contributed by atoms with Gasteiger partial charge in [0, 0.05) is 39.3 Å². The summed E-state index contributed by atoms with van der Waals surface area (Å²) >= 11 is 0. The van der Waals surface area contributed by atoms with E-state index in [1.165, 1.54) is 4.90 Å². The van der Waals surface area contributed by atoms with Gasteiger partial charge in [-0.25, -0.2) is 0 Å². The Morgan fingerprint density at radius 3 is 2.28 bits per heavy atom. The van der Waals surface area contributed by atoms with Gasteiger partial charge in [0.2, 0.25) is 11.8 Å². The van der Waals surface area contributed by atoms with Crippen molar-refractivity contribution in [2.75, 3.05) is 20.2 Å². The smallest absolute Gasteiger partial charge is 0.327 e. The molecule has 322 valence electrons. The molecule has 3 aromatic carbocycles. The topological polar surface area (TPSA) is 147 Å². The van der Waals surface area contributed by atoms with Crippen molar-refractivity contribution in [2.24, 2.45) is 5.41 Å². The highest BCUT2D eigenvalue weighted by molar-refractivity contribution is 5.96. The number of hydroxylamine groups is 2.